The van der Waals surface area contributed by atoms with Gasteiger partial charge in [0, 0.05) is 34.8 Å². The SMILES string of the molecule is CC(C)(C)Cn1cc([C@H](N[S@@](=O)C(C)(C)C)C(F)(F)F)c2ccc(-c3c(F)cccc3Cl)cc21. The largest absolute Gasteiger partial charge is 0.408 e. The van der Waals surface area contributed by atoms with Crippen LogP contribution in [-0.4, -0.2) is 19.7 Å². The van der Waals surface area contributed by atoms with Gasteiger partial charge >= 0.3 is 6.18 Å². The molecule has 0 bridgehead atoms. The van der Waals surface area contributed by atoms with E-state index in [9.17, 15) is 21.8 Å². The summed E-state index contributed by atoms with van der Waals surface area (Å²) in [7, 11) is -1.95. The van der Waals surface area contributed by atoms with E-state index in [1.165, 1.54) is 18.3 Å². The van der Waals surface area contributed by atoms with Crippen LogP contribution < -0.4 is 4.72 Å². The summed E-state index contributed by atoms with van der Waals surface area (Å²) in [4.78, 5) is 0. The van der Waals surface area contributed by atoms with Crippen LogP contribution in [0.4, 0.5) is 17.6 Å². The van der Waals surface area contributed by atoms with Gasteiger partial charge in [-0.3, -0.25) is 0 Å². The molecule has 0 unspecified atom stereocenters. The summed E-state index contributed by atoms with van der Waals surface area (Å²) in [5.74, 6) is -0.517. The lowest BCUT2D eigenvalue weighted by Crippen LogP contribution is -2.41. The lowest BCUT2D eigenvalue weighted by molar-refractivity contribution is -0.152. The first-order valence-electron chi connectivity index (χ1n) is 10.8. The molecule has 34 heavy (non-hydrogen) atoms. The van der Waals surface area contributed by atoms with Crippen molar-refractivity contribution in [3.05, 3.63) is 59.0 Å². The van der Waals surface area contributed by atoms with E-state index in [-0.39, 0.29) is 21.6 Å². The van der Waals surface area contributed by atoms with Crippen LogP contribution in [0, 0.1) is 11.2 Å². The first-order valence-corrected chi connectivity index (χ1v) is 12.3. The maximum atomic E-state index is 14.6. The zero-order valence-corrected chi connectivity index (χ0v) is 21.6. The highest BCUT2D eigenvalue weighted by atomic mass is 35.5. The van der Waals surface area contributed by atoms with Gasteiger partial charge in [-0.25, -0.2) is 13.3 Å². The lowest BCUT2D eigenvalue weighted by atomic mass is 9.96. The second-order valence-corrected chi connectivity index (χ2v) is 13.0. The molecule has 2 atom stereocenters. The molecule has 0 fully saturated rings. The van der Waals surface area contributed by atoms with Crippen LogP contribution in [0.15, 0.2) is 42.6 Å². The highest BCUT2D eigenvalue weighted by Gasteiger charge is 2.44. The Morgan fingerprint density at radius 1 is 1.06 bits per heavy atom. The number of halogens is 5. The number of rotatable bonds is 5. The Morgan fingerprint density at radius 2 is 1.71 bits per heavy atom. The Morgan fingerprint density at radius 3 is 2.24 bits per heavy atom. The summed E-state index contributed by atoms with van der Waals surface area (Å²) in [6.45, 7) is 11.2. The van der Waals surface area contributed by atoms with Gasteiger partial charge in [0.1, 0.15) is 11.9 Å². The van der Waals surface area contributed by atoms with E-state index in [1.54, 1.807) is 49.6 Å². The zero-order chi connectivity index (χ0) is 25.6. The fraction of sp³-hybridized carbons (Fsp3) is 0.440. The van der Waals surface area contributed by atoms with E-state index in [2.05, 4.69) is 4.72 Å². The van der Waals surface area contributed by atoms with Crippen molar-refractivity contribution in [2.24, 2.45) is 5.41 Å². The Balaban J connectivity index is 2.25. The van der Waals surface area contributed by atoms with E-state index in [0.29, 0.717) is 23.0 Å². The predicted molar refractivity (Wildman–Crippen MR) is 132 cm³/mol. The summed E-state index contributed by atoms with van der Waals surface area (Å²) < 4.78 is 73.0. The molecule has 3 nitrogen and oxygen atoms in total. The monoisotopic (exact) mass is 516 g/mol. The maximum absolute atomic E-state index is 14.6. The minimum absolute atomic E-state index is 0.0319. The highest BCUT2D eigenvalue weighted by Crippen LogP contribution is 2.41. The van der Waals surface area contributed by atoms with Crippen LogP contribution in [-0.2, 0) is 17.5 Å². The molecule has 0 amide bonds. The summed E-state index contributed by atoms with van der Waals surface area (Å²) in [6.07, 6.45) is -3.23. The summed E-state index contributed by atoms with van der Waals surface area (Å²) in [5, 5.41) is 0.560. The standard InChI is InChI=1S/C25H29ClF4N2OS/c1-23(2,3)14-32-13-17(22(25(28,29)30)31-34(33)24(4,5)6)16-11-10-15(12-20(16)32)21-18(26)8-7-9-19(21)27/h7-13,22,31H,14H2,1-6H3/t22-,34-/m0/s1. The van der Waals surface area contributed by atoms with Gasteiger partial charge in [0.2, 0.25) is 0 Å². The molecule has 0 radical (unpaired) electrons. The summed E-state index contributed by atoms with van der Waals surface area (Å²) in [6, 6.07) is 6.97. The van der Waals surface area contributed by atoms with Crippen LogP contribution in [0.5, 0.6) is 0 Å². The molecule has 0 aliphatic heterocycles. The highest BCUT2D eigenvalue weighted by molar-refractivity contribution is 7.84. The smallest absolute Gasteiger partial charge is 0.347 e. The maximum Gasteiger partial charge on any atom is 0.408 e. The number of aromatic nitrogens is 1. The van der Waals surface area contributed by atoms with Crippen molar-refractivity contribution in [2.75, 3.05) is 0 Å². The summed E-state index contributed by atoms with van der Waals surface area (Å²) in [5.41, 5.74) is 0.889. The predicted octanol–water partition coefficient (Wildman–Crippen LogP) is 7.80. The van der Waals surface area contributed by atoms with E-state index in [0.717, 1.165) is 0 Å². The van der Waals surface area contributed by atoms with Crippen molar-refractivity contribution in [3.63, 3.8) is 0 Å². The molecule has 0 aliphatic rings. The van der Waals surface area contributed by atoms with Crippen molar-refractivity contribution < 1.29 is 21.8 Å². The van der Waals surface area contributed by atoms with Crippen molar-refractivity contribution in [2.45, 2.75) is 65.1 Å². The molecular weight excluding hydrogens is 488 g/mol. The van der Waals surface area contributed by atoms with Gasteiger partial charge in [-0.1, -0.05) is 50.6 Å². The molecule has 9 heteroatoms. The second kappa shape index (κ2) is 9.28. The second-order valence-electron chi connectivity index (χ2n) is 10.6. The Kier molecular flexibility index (Phi) is 7.29. The molecule has 186 valence electrons. The van der Waals surface area contributed by atoms with Crippen molar-refractivity contribution in [3.8, 4) is 11.1 Å². The third kappa shape index (κ3) is 5.83. The molecule has 1 aromatic heterocycles. The van der Waals surface area contributed by atoms with Gasteiger partial charge in [0.25, 0.3) is 0 Å². The van der Waals surface area contributed by atoms with Crippen LogP contribution in [0.2, 0.25) is 5.02 Å². The Bertz CT molecular complexity index is 1200. The number of hydrogen-bond acceptors (Lipinski definition) is 1. The van der Waals surface area contributed by atoms with E-state index >= 15 is 0 Å². The molecule has 2 aromatic carbocycles. The lowest BCUT2D eigenvalue weighted by Gasteiger charge is -2.26. The fourth-order valence-corrected chi connectivity index (χ4v) is 4.81. The fourth-order valence-electron chi connectivity index (χ4n) is 3.71. The number of hydrogen-bond donors (Lipinski definition) is 1. The average Bonchev–Trinajstić information content (AvgIpc) is 3.00. The first-order chi connectivity index (χ1) is 15.5. The normalized spacial score (nSPS) is 15.0. The van der Waals surface area contributed by atoms with Gasteiger partial charge in [-0.05, 0) is 49.9 Å². The summed E-state index contributed by atoms with van der Waals surface area (Å²) >= 11 is 6.24. The minimum atomic E-state index is -4.69. The van der Waals surface area contributed by atoms with Gasteiger partial charge < -0.3 is 4.57 Å². The van der Waals surface area contributed by atoms with Crippen LogP contribution in [0.25, 0.3) is 22.0 Å². The number of fused-ring (bicyclic) bond motifs is 1. The quantitative estimate of drug-likeness (QED) is 0.345. The first kappa shape index (κ1) is 26.7. The average molecular weight is 517 g/mol. The molecule has 0 aliphatic carbocycles. The third-order valence-electron chi connectivity index (χ3n) is 5.23. The van der Waals surface area contributed by atoms with Gasteiger partial charge in [0.15, 0.2) is 0 Å². The van der Waals surface area contributed by atoms with E-state index in [1.807, 2.05) is 20.8 Å². The van der Waals surface area contributed by atoms with Gasteiger partial charge in [0.05, 0.1) is 20.8 Å². The number of nitrogens with zero attached hydrogens (tertiary/aromatic N) is 1. The van der Waals surface area contributed by atoms with Gasteiger partial charge in [-0.15, -0.1) is 0 Å². The van der Waals surface area contributed by atoms with Crippen molar-refractivity contribution in [1.82, 2.24) is 9.29 Å². The third-order valence-corrected chi connectivity index (χ3v) is 7.11. The topological polar surface area (TPSA) is 34.0 Å². The molecular formula is C25H29ClF4N2OS. The number of alkyl halides is 3. The Labute approximate surface area is 205 Å². The van der Waals surface area contributed by atoms with Crippen molar-refractivity contribution in [1.29, 1.82) is 0 Å². The molecule has 1 heterocycles. The molecule has 0 spiro atoms. The molecule has 0 saturated carbocycles. The van der Waals surface area contributed by atoms with Crippen LogP contribution >= 0.6 is 11.6 Å². The van der Waals surface area contributed by atoms with E-state index in [4.69, 9.17) is 11.6 Å². The molecule has 3 rings (SSSR count). The van der Waals surface area contributed by atoms with Crippen LogP contribution in [0.3, 0.4) is 0 Å². The number of benzene rings is 2. The molecule has 0 saturated heterocycles. The molecule has 3 aromatic rings. The van der Waals surface area contributed by atoms with Crippen LogP contribution in [0.1, 0.15) is 53.1 Å². The minimum Gasteiger partial charge on any atom is -0.347 e. The van der Waals surface area contributed by atoms with E-state index < -0.39 is 33.8 Å². The molecule has 1 N–H and O–H groups in total. The zero-order valence-electron chi connectivity index (χ0n) is 20.0. The van der Waals surface area contributed by atoms with Gasteiger partial charge in [-0.2, -0.15) is 13.2 Å². The number of nitrogens with one attached hydrogen (secondary N) is 1. The van der Waals surface area contributed by atoms with Crippen molar-refractivity contribution >= 4 is 33.5 Å². The Hall–Kier alpha value is -1.90.